The highest BCUT2D eigenvalue weighted by Crippen LogP contribution is 2.37. The number of amides is 1. The maximum Gasteiger partial charge on any atom is 0.259 e. The summed E-state index contributed by atoms with van der Waals surface area (Å²) in [5, 5.41) is 10.0. The van der Waals surface area contributed by atoms with E-state index in [9.17, 15) is 4.79 Å². The van der Waals surface area contributed by atoms with Crippen LogP contribution in [0, 0.1) is 0 Å². The molecule has 1 amide bonds. The third kappa shape index (κ3) is 8.74. The molecular formula is C26H36Cl3N7OS2. The number of carbonyl (C=O) groups is 1. The van der Waals surface area contributed by atoms with E-state index < -0.39 is 0 Å². The number of nitrogens with zero attached hydrogens (tertiary/aromatic N) is 4. The lowest BCUT2D eigenvalue weighted by Crippen LogP contribution is -2.44. The molecule has 13 heteroatoms. The standard InChI is InChI=1S/C26H35Cl2N7OS2.ClH/c1-3-4-9-34(2)15-22-23(21-13-18(27)16-37-21)32-26(38-22)33-25(36)17-12-20(28)24(31-14-17)35-10-5-19(6-11-35)30-8-7-29;/h12-14,16,19,30H,3-11,15,29H2,1-2H3,(H,32,33,36);1H. The third-order valence-corrected chi connectivity index (χ3v) is 9.00. The first-order chi connectivity index (χ1) is 18.4. The molecule has 214 valence electrons. The fourth-order valence-corrected chi connectivity index (χ4v) is 6.93. The molecule has 3 aromatic heterocycles. The number of hydrogen-bond donors (Lipinski definition) is 3. The van der Waals surface area contributed by atoms with Gasteiger partial charge in [-0.2, -0.15) is 0 Å². The Bertz CT molecular complexity index is 1210. The number of nitrogens with one attached hydrogen (secondary N) is 2. The maximum atomic E-state index is 13.1. The quantitative estimate of drug-likeness (QED) is 0.225. The van der Waals surface area contributed by atoms with Crippen LogP contribution in [0.2, 0.25) is 10.0 Å². The smallest absolute Gasteiger partial charge is 0.259 e. The molecule has 4 heterocycles. The second-order valence-electron chi connectivity index (χ2n) is 9.50. The molecule has 0 unspecified atom stereocenters. The molecular weight excluding hydrogens is 597 g/mol. The number of anilines is 2. The van der Waals surface area contributed by atoms with Gasteiger partial charge in [-0.3, -0.25) is 10.1 Å². The van der Waals surface area contributed by atoms with Crippen molar-refractivity contribution < 1.29 is 4.79 Å². The minimum Gasteiger partial charge on any atom is -0.355 e. The topological polar surface area (TPSA) is 99.4 Å². The van der Waals surface area contributed by atoms with Gasteiger partial charge in [0.05, 0.1) is 26.2 Å². The number of aromatic nitrogens is 2. The van der Waals surface area contributed by atoms with E-state index in [1.54, 1.807) is 23.6 Å². The molecule has 1 fully saturated rings. The SMILES string of the molecule is CCCCN(C)Cc1sc(NC(=O)c2cnc(N3CCC(NCCN)CC3)c(Cl)c2)nc1-c1cc(Cl)cs1.Cl. The Morgan fingerprint density at radius 1 is 1.28 bits per heavy atom. The zero-order valence-corrected chi connectivity index (χ0v) is 26.2. The number of halogens is 3. The van der Waals surface area contributed by atoms with Crippen molar-refractivity contribution in [1.82, 2.24) is 20.2 Å². The van der Waals surface area contributed by atoms with Gasteiger partial charge in [0, 0.05) is 55.2 Å². The molecule has 4 rings (SSSR count). The molecule has 0 saturated carbocycles. The van der Waals surface area contributed by atoms with Gasteiger partial charge in [-0.25, -0.2) is 9.97 Å². The fourth-order valence-electron chi connectivity index (χ4n) is 4.43. The van der Waals surface area contributed by atoms with Crippen LogP contribution >= 0.6 is 58.3 Å². The maximum absolute atomic E-state index is 13.1. The van der Waals surface area contributed by atoms with E-state index in [0.29, 0.717) is 39.1 Å². The summed E-state index contributed by atoms with van der Waals surface area (Å²) >= 11 is 15.8. The van der Waals surface area contributed by atoms with Crippen LogP contribution in [-0.2, 0) is 6.54 Å². The molecule has 0 aliphatic carbocycles. The number of rotatable bonds is 12. The van der Waals surface area contributed by atoms with Gasteiger partial charge in [0.25, 0.3) is 5.91 Å². The summed E-state index contributed by atoms with van der Waals surface area (Å²) in [6.45, 7) is 7.10. The molecule has 4 N–H and O–H groups in total. The van der Waals surface area contributed by atoms with Crippen LogP contribution in [-0.4, -0.2) is 66.6 Å². The fraction of sp³-hybridized carbons (Fsp3) is 0.500. The minimum absolute atomic E-state index is 0. The van der Waals surface area contributed by atoms with Crippen molar-refractivity contribution in [3.8, 4) is 10.6 Å². The van der Waals surface area contributed by atoms with Crippen LogP contribution < -0.4 is 21.3 Å². The molecule has 0 bridgehead atoms. The van der Waals surface area contributed by atoms with E-state index >= 15 is 0 Å². The number of nitrogens with two attached hydrogens (primary N) is 1. The first kappa shape index (κ1) is 32.0. The lowest BCUT2D eigenvalue weighted by molar-refractivity contribution is 0.102. The van der Waals surface area contributed by atoms with E-state index in [0.717, 1.165) is 73.9 Å². The van der Waals surface area contributed by atoms with E-state index in [1.165, 1.54) is 11.3 Å². The highest BCUT2D eigenvalue weighted by atomic mass is 35.5. The van der Waals surface area contributed by atoms with Crippen molar-refractivity contribution in [2.24, 2.45) is 5.73 Å². The summed E-state index contributed by atoms with van der Waals surface area (Å²) in [6.07, 6.45) is 5.85. The Hall–Kier alpha value is -1.50. The molecule has 1 saturated heterocycles. The summed E-state index contributed by atoms with van der Waals surface area (Å²) in [6, 6.07) is 4.07. The van der Waals surface area contributed by atoms with Crippen LogP contribution in [0.1, 0.15) is 47.8 Å². The molecule has 0 atom stereocenters. The second kappa shape index (κ2) is 15.5. The predicted molar refractivity (Wildman–Crippen MR) is 168 cm³/mol. The van der Waals surface area contributed by atoms with Crippen LogP contribution in [0.5, 0.6) is 0 Å². The summed E-state index contributed by atoms with van der Waals surface area (Å²) in [5.41, 5.74) is 6.86. The average Bonchev–Trinajstić information content (AvgIpc) is 3.51. The van der Waals surface area contributed by atoms with E-state index in [4.69, 9.17) is 33.9 Å². The number of hydrogen-bond acceptors (Lipinski definition) is 9. The molecule has 0 spiro atoms. The van der Waals surface area contributed by atoms with Crippen molar-refractivity contribution in [1.29, 1.82) is 0 Å². The zero-order chi connectivity index (χ0) is 27.1. The lowest BCUT2D eigenvalue weighted by Gasteiger charge is -2.33. The molecule has 1 aliphatic heterocycles. The normalized spacial score (nSPS) is 14.1. The highest BCUT2D eigenvalue weighted by molar-refractivity contribution is 7.17. The summed E-state index contributed by atoms with van der Waals surface area (Å²) in [7, 11) is 2.10. The lowest BCUT2D eigenvalue weighted by atomic mass is 10.0. The molecule has 0 radical (unpaired) electrons. The van der Waals surface area contributed by atoms with Gasteiger partial charge in [0.2, 0.25) is 0 Å². The van der Waals surface area contributed by atoms with Gasteiger partial charge in [-0.15, -0.1) is 23.7 Å². The molecule has 3 aromatic rings. The van der Waals surface area contributed by atoms with Crippen LogP contribution in [0.25, 0.3) is 10.6 Å². The van der Waals surface area contributed by atoms with Crippen LogP contribution in [0.4, 0.5) is 10.9 Å². The van der Waals surface area contributed by atoms with Crippen LogP contribution in [0.15, 0.2) is 23.7 Å². The summed E-state index contributed by atoms with van der Waals surface area (Å²) in [4.78, 5) is 29.0. The van der Waals surface area contributed by atoms with Crippen molar-refractivity contribution in [3.05, 3.63) is 44.2 Å². The molecule has 8 nitrogen and oxygen atoms in total. The molecule has 39 heavy (non-hydrogen) atoms. The van der Waals surface area contributed by atoms with E-state index in [2.05, 4.69) is 39.4 Å². The number of thiophene rings is 1. The summed E-state index contributed by atoms with van der Waals surface area (Å²) in [5.74, 6) is 0.426. The Kier molecular flexibility index (Phi) is 12.7. The van der Waals surface area contributed by atoms with Crippen molar-refractivity contribution in [2.45, 2.75) is 45.2 Å². The Labute approximate surface area is 254 Å². The van der Waals surface area contributed by atoms with Gasteiger partial charge in [0.15, 0.2) is 5.13 Å². The number of unbranched alkanes of at least 4 members (excludes halogenated alkanes) is 1. The zero-order valence-electron chi connectivity index (χ0n) is 22.2. The number of piperidine rings is 1. The number of pyridine rings is 1. The van der Waals surface area contributed by atoms with Crippen molar-refractivity contribution >= 4 is 75.1 Å². The predicted octanol–water partition coefficient (Wildman–Crippen LogP) is 6.00. The van der Waals surface area contributed by atoms with Gasteiger partial charge in [-0.05, 0) is 45.0 Å². The highest BCUT2D eigenvalue weighted by Gasteiger charge is 2.23. The Morgan fingerprint density at radius 3 is 2.69 bits per heavy atom. The third-order valence-electron chi connectivity index (χ3n) is 6.48. The molecule has 0 aromatic carbocycles. The van der Waals surface area contributed by atoms with E-state index in [-0.39, 0.29) is 18.3 Å². The average molecular weight is 633 g/mol. The molecule has 1 aliphatic rings. The largest absolute Gasteiger partial charge is 0.355 e. The Morgan fingerprint density at radius 2 is 2.05 bits per heavy atom. The number of thiazole rings is 1. The van der Waals surface area contributed by atoms with Gasteiger partial charge in [-0.1, -0.05) is 47.9 Å². The van der Waals surface area contributed by atoms with Crippen molar-refractivity contribution in [2.75, 3.05) is 50.0 Å². The first-order valence-corrected chi connectivity index (χ1v) is 15.4. The Balaban J connectivity index is 0.00000420. The van der Waals surface area contributed by atoms with Gasteiger partial charge >= 0.3 is 0 Å². The van der Waals surface area contributed by atoms with Gasteiger partial charge in [0.1, 0.15) is 5.82 Å². The van der Waals surface area contributed by atoms with Crippen molar-refractivity contribution in [3.63, 3.8) is 0 Å². The second-order valence-corrected chi connectivity index (χ2v) is 12.3. The van der Waals surface area contributed by atoms with E-state index in [1.807, 2.05) is 11.4 Å². The summed E-state index contributed by atoms with van der Waals surface area (Å²) < 4.78 is 0. The van der Waals surface area contributed by atoms with Gasteiger partial charge < -0.3 is 20.9 Å². The minimum atomic E-state index is -0.286. The monoisotopic (exact) mass is 631 g/mol. The first-order valence-electron chi connectivity index (χ1n) is 13.0. The number of carbonyl (C=O) groups excluding carboxylic acids is 1. The van der Waals surface area contributed by atoms with Crippen LogP contribution in [0.3, 0.4) is 0 Å².